The van der Waals surface area contributed by atoms with Crippen molar-refractivity contribution in [3.8, 4) is 0 Å². The van der Waals surface area contributed by atoms with Crippen LogP contribution in [0.5, 0.6) is 0 Å². The maximum Gasteiger partial charge on any atom is 0.255 e. The van der Waals surface area contributed by atoms with Crippen molar-refractivity contribution in [2.75, 3.05) is 10.2 Å². The van der Waals surface area contributed by atoms with Crippen molar-refractivity contribution in [2.24, 2.45) is 23.7 Å². The number of fused-ring (bicyclic) bond motifs is 5. The maximum atomic E-state index is 13.2. The van der Waals surface area contributed by atoms with Crippen LogP contribution >= 0.6 is 0 Å². The molecular weight excluding hydrogens is 376 g/mol. The van der Waals surface area contributed by atoms with Gasteiger partial charge in [-0.15, -0.1) is 0 Å². The molecule has 3 aliphatic rings. The molecule has 1 saturated heterocycles. The van der Waals surface area contributed by atoms with Gasteiger partial charge < -0.3 is 5.32 Å². The van der Waals surface area contributed by atoms with E-state index in [2.05, 4.69) is 18.3 Å². The Balaban J connectivity index is 1.40. The molecule has 5 heteroatoms. The third-order valence-corrected chi connectivity index (χ3v) is 7.01. The summed E-state index contributed by atoms with van der Waals surface area (Å²) in [4.78, 5) is 40.3. The minimum Gasteiger partial charge on any atom is -0.322 e. The number of hydrogen-bond acceptors (Lipinski definition) is 3. The number of nitrogens with zero attached hydrogens (tertiary/aromatic N) is 1. The number of amides is 3. The first-order chi connectivity index (χ1) is 14.3. The van der Waals surface area contributed by atoms with Crippen LogP contribution in [0.3, 0.4) is 0 Å². The number of nitrogens with one attached hydrogen (secondary N) is 1. The Bertz CT molecular complexity index is 1130. The summed E-state index contributed by atoms with van der Waals surface area (Å²) in [6.45, 7) is 6.07. The molecule has 30 heavy (non-hydrogen) atoms. The summed E-state index contributed by atoms with van der Waals surface area (Å²) in [6, 6.07) is 12.5. The van der Waals surface area contributed by atoms with E-state index in [0.29, 0.717) is 11.3 Å². The molecule has 2 aromatic carbocycles. The average molecular weight is 400 g/mol. The topological polar surface area (TPSA) is 66.5 Å². The van der Waals surface area contributed by atoms with Crippen LogP contribution in [-0.2, 0) is 9.59 Å². The minimum absolute atomic E-state index is 0.128. The van der Waals surface area contributed by atoms with E-state index in [1.54, 1.807) is 24.3 Å². The second-order valence-electron chi connectivity index (χ2n) is 8.78. The molecular formula is C25H24N2O3. The van der Waals surface area contributed by atoms with Crippen LogP contribution in [0.1, 0.15) is 34.8 Å². The van der Waals surface area contributed by atoms with Gasteiger partial charge >= 0.3 is 0 Å². The lowest BCUT2D eigenvalue weighted by molar-refractivity contribution is -0.123. The summed E-state index contributed by atoms with van der Waals surface area (Å²) in [5.41, 5.74) is 5.09. The van der Waals surface area contributed by atoms with Gasteiger partial charge in [-0.3, -0.25) is 14.4 Å². The highest BCUT2D eigenvalue weighted by Gasteiger charge is 2.60. The fourth-order valence-corrected chi connectivity index (χ4v) is 5.34. The van der Waals surface area contributed by atoms with Crippen molar-refractivity contribution < 1.29 is 14.4 Å². The largest absolute Gasteiger partial charge is 0.322 e. The number of benzene rings is 2. The number of anilines is 2. The third kappa shape index (κ3) is 2.72. The van der Waals surface area contributed by atoms with Crippen molar-refractivity contribution in [1.29, 1.82) is 0 Å². The maximum absolute atomic E-state index is 13.2. The number of carbonyl (C=O) groups excluding carboxylic acids is 3. The molecule has 152 valence electrons. The normalized spacial score (nSPS) is 26.8. The molecule has 0 radical (unpaired) electrons. The lowest BCUT2D eigenvalue weighted by Crippen LogP contribution is -2.33. The number of carbonyl (C=O) groups is 3. The van der Waals surface area contributed by atoms with E-state index in [4.69, 9.17) is 0 Å². The average Bonchev–Trinajstić information content (AvgIpc) is 3.35. The summed E-state index contributed by atoms with van der Waals surface area (Å²) < 4.78 is 0. The van der Waals surface area contributed by atoms with E-state index < -0.39 is 0 Å². The summed E-state index contributed by atoms with van der Waals surface area (Å²) in [5, 5.41) is 2.90. The van der Waals surface area contributed by atoms with Crippen molar-refractivity contribution in [3.05, 3.63) is 70.8 Å². The van der Waals surface area contributed by atoms with Gasteiger partial charge in [-0.25, -0.2) is 4.90 Å². The quantitative estimate of drug-likeness (QED) is 0.618. The number of imide groups is 1. The van der Waals surface area contributed by atoms with Crippen LogP contribution in [-0.4, -0.2) is 17.7 Å². The van der Waals surface area contributed by atoms with Crippen molar-refractivity contribution in [2.45, 2.75) is 27.2 Å². The monoisotopic (exact) mass is 400 g/mol. The Labute approximate surface area is 175 Å². The second kappa shape index (κ2) is 6.66. The Kier molecular flexibility index (Phi) is 4.17. The summed E-state index contributed by atoms with van der Waals surface area (Å²) in [5.74, 6) is -0.684. The predicted octanol–water partition coefficient (Wildman–Crippen LogP) is 4.26. The molecule has 3 amide bonds. The number of aryl methyl sites for hydroxylation is 2. The fourth-order valence-electron chi connectivity index (χ4n) is 5.34. The lowest BCUT2D eigenvalue weighted by Gasteiger charge is -2.19. The summed E-state index contributed by atoms with van der Waals surface area (Å²) >= 11 is 0. The van der Waals surface area contributed by atoms with Gasteiger partial charge in [0.2, 0.25) is 11.8 Å². The van der Waals surface area contributed by atoms with Crippen LogP contribution in [0.4, 0.5) is 11.4 Å². The third-order valence-electron chi connectivity index (χ3n) is 7.01. The van der Waals surface area contributed by atoms with E-state index in [9.17, 15) is 14.4 Å². The number of rotatable bonds is 3. The summed E-state index contributed by atoms with van der Waals surface area (Å²) in [7, 11) is 0. The summed E-state index contributed by atoms with van der Waals surface area (Å²) in [6.07, 6.45) is 3.07. The lowest BCUT2D eigenvalue weighted by atomic mass is 9.82. The van der Waals surface area contributed by atoms with Crippen LogP contribution in [0.25, 0.3) is 0 Å². The van der Waals surface area contributed by atoms with Gasteiger partial charge in [0.05, 0.1) is 17.5 Å². The molecule has 0 unspecified atom stereocenters. The van der Waals surface area contributed by atoms with E-state index in [1.807, 2.05) is 32.0 Å². The molecule has 1 N–H and O–H groups in total. The number of allylic oxidation sites excluding steroid dienone is 2. The first kappa shape index (κ1) is 18.8. The molecule has 0 spiro atoms. The molecule has 0 aromatic heterocycles. The Morgan fingerprint density at radius 1 is 0.967 bits per heavy atom. The molecule has 2 aliphatic carbocycles. The first-order valence-corrected chi connectivity index (χ1v) is 10.4. The Hall–Kier alpha value is -3.21. The predicted molar refractivity (Wildman–Crippen MR) is 115 cm³/mol. The molecule has 1 aliphatic heterocycles. The van der Waals surface area contributed by atoms with Gasteiger partial charge in [0.25, 0.3) is 5.91 Å². The molecule has 1 heterocycles. The minimum atomic E-state index is -0.267. The number of hydrogen-bond donors (Lipinski definition) is 1. The highest BCUT2D eigenvalue weighted by molar-refractivity contribution is 6.23. The molecule has 5 nitrogen and oxygen atoms in total. The van der Waals surface area contributed by atoms with Crippen molar-refractivity contribution in [1.82, 2.24) is 0 Å². The van der Waals surface area contributed by atoms with E-state index in [1.165, 1.54) is 10.5 Å². The van der Waals surface area contributed by atoms with Gasteiger partial charge in [-0.2, -0.15) is 0 Å². The smallest absolute Gasteiger partial charge is 0.255 e. The molecule has 4 atom stereocenters. The Morgan fingerprint density at radius 3 is 2.50 bits per heavy atom. The zero-order chi connectivity index (χ0) is 21.2. The molecule has 2 bridgehead atoms. The van der Waals surface area contributed by atoms with E-state index in [0.717, 1.165) is 23.2 Å². The second-order valence-corrected chi connectivity index (χ2v) is 8.78. The van der Waals surface area contributed by atoms with Gasteiger partial charge in [-0.05, 0) is 80.5 Å². The van der Waals surface area contributed by atoms with Gasteiger partial charge in [-0.1, -0.05) is 23.8 Å². The van der Waals surface area contributed by atoms with Gasteiger partial charge in [0.15, 0.2) is 0 Å². The van der Waals surface area contributed by atoms with Crippen LogP contribution in [0, 0.1) is 37.5 Å². The van der Waals surface area contributed by atoms with Gasteiger partial charge in [0, 0.05) is 11.3 Å². The highest BCUT2D eigenvalue weighted by atomic mass is 16.2. The van der Waals surface area contributed by atoms with Crippen molar-refractivity contribution >= 4 is 29.1 Å². The zero-order valence-corrected chi connectivity index (χ0v) is 17.3. The molecule has 2 aromatic rings. The standard InChI is InChI=1S/C25H24N2O3/c1-13-7-8-18(10-14(13)2)26-23(28)16-5-4-6-19(11-16)27-24(29)21-17-9-15(3)20(12-17)22(21)25(27)30/h4-11,17,20-22H,12H2,1-3H3,(H,26,28)/t17-,20+,21+,22+/m0/s1. The molecule has 5 rings (SSSR count). The zero-order valence-electron chi connectivity index (χ0n) is 17.3. The Morgan fingerprint density at radius 2 is 1.73 bits per heavy atom. The van der Waals surface area contributed by atoms with Crippen LogP contribution < -0.4 is 10.2 Å². The van der Waals surface area contributed by atoms with Crippen LogP contribution in [0.15, 0.2) is 54.1 Å². The molecule has 2 fully saturated rings. The van der Waals surface area contributed by atoms with E-state index >= 15 is 0 Å². The van der Waals surface area contributed by atoms with Gasteiger partial charge in [0.1, 0.15) is 0 Å². The first-order valence-electron chi connectivity index (χ1n) is 10.4. The highest BCUT2D eigenvalue weighted by Crippen LogP contribution is 2.55. The molecule has 1 saturated carbocycles. The fraction of sp³-hybridized carbons (Fsp3) is 0.320. The van der Waals surface area contributed by atoms with Crippen molar-refractivity contribution in [3.63, 3.8) is 0 Å². The SMILES string of the molecule is CC1=C[C@H]2C[C@H]1[C@H]1C(=O)N(c3cccc(C(=O)Nc4ccc(C)c(C)c4)c3)C(=O)[C@@H]12. The van der Waals surface area contributed by atoms with Crippen LogP contribution in [0.2, 0.25) is 0 Å². The van der Waals surface area contributed by atoms with E-state index in [-0.39, 0.29) is 41.4 Å².